The third kappa shape index (κ3) is 3.39. The summed E-state index contributed by atoms with van der Waals surface area (Å²) < 4.78 is 79.0. The van der Waals surface area contributed by atoms with Crippen LogP contribution in [0.2, 0.25) is 5.02 Å². The van der Waals surface area contributed by atoms with Crippen LogP contribution in [0.3, 0.4) is 0 Å². The fraction of sp³-hybridized carbons (Fsp3) is 0.267. The van der Waals surface area contributed by atoms with Gasteiger partial charge in [0.1, 0.15) is 11.0 Å². The van der Waals surface area contributed by atoms with Gasteiger partial charge in [-0.05, 0) is 24.6 Å². The van der Waals surface area contributed by atoms with Gasteiger partial charge in [-0.1, -0.05) is 17.7 Å². The Balaban J connectivity index is 2.23. The van der Waals surface area contributed by atoms with Gasteiger partial charge in [-0.15, -0.1) is 0 Å². The lowest BCUT2D eigenvalue weighted by Crippen LogP contribution is -2.24. The Hall–Kier alpha value is -2.76. The van der Waals surface area contributed by atoms with Crippen molar-refractivity contribution in [2.45, 2.75) is 25.3 Å². The van der Waals surface area contributed by atoms with E-state index in [1.54, 1.807) is 4.98 Å². The summed E-state index contributed by atoms with van der Waals surface area (Å²) in [6.07, 6.45) is -9.72. The lowest BCUT2D eigenvalue weighted by Gasteiger charge is -2.16. The number of benzene rings is 1. The number of fused-ring (bicyclic) bond motifs is 1. The van der Waals surface area contributed by atoms with Crippen molar-refractivity contribution in [1.29, 1.82) is 0 Å². The van der Waals surface area contributed by atoms with E-state index in [1.165, 1.54) is 6.92 Å². The molecule has 0 fully saturated rings. The molecule has 0 saturated carbocycles. The number of aromatic amines is 2. The SMILES string of the molecule is C[C@H](c1ccc(C(F)(F)F)c(Cl)c1)n1nc(C(F)(F)F)c2c(=O)[nH]c(=O)[nH]c21. The molecule has 0 spiro atoms. The van der Waals surface area contributed by atoms with E-state index in [-0.39, 0.29) is 5.56 Å². The van der Waals surface area contributed by atoms with E-state index in [4.69, 9.17) is 11.6 Å². The highest BCUT2D eigenvalue weighted by Gasteiger charge is 2.39. The summed E-state index contributed by atoms with van der Waals surface area (Å²) >= 11 is 5.65. The van der Waals surface area contributed by atoms with Gasteiger partial charge >= 0.3 is 18.0 Å². The van der Waals surface area contributed by atoms with Crippen molar-refractivity contribution in [1.82, 2.24) is 19.7 Å². The molecule has 0 amide bonds. The Morgan fingerprint density at radius 3 is 2.25 bits per heavy atom. The van der Waals surface area contributed by atoms with Crippen LogP contribution < -0.4 is 11.2 Å². The maximum Gasteiger partial charge on any atom is 0.436 e. The predicted molar refractivity (Wildman–Crippen MR) is 86.2 cm³/mol. The molecule has 0 bridgehead atoms. The number of aromatic nitrogens is 4. The van der Waals surface area contributed by atoms with Gasteiger partial charge < -0.3 is 0 Å². The predicted octanol–water partition coefficient (Wildman–Crippen LogP) is 3.71. The minimum absolute atomic E-state index is 0.0808. The fourth-order valence-electron chi connectivity index (χ4n) is 2.71. The van der Waals surface area contributed by atoms with E-state index in [0.29, 0.717) is 10.7 Å². The molecule has 0 radical (unpaired) electrons. The Labute approximate surface area is 155 Å². The smallest absolute Gasteiger partial charge is 0.291 e. The zero-order valence-electron chi connectivity index (χ0n) is 13.7. The highest BCUT2D eigenvalue weighted by atomic mass is 35.5. The molecular weight excluding hydrogens is 418 g/mol. The van der Waals surface area contributed by atoms with E-state index >= 15 is 0 Å². The summed E-state index contributed by atoms with van der Waals surface area (Å²) in [6.45, 7) is 1.32. The van der Waals surface area contributed by atoms with Crippen LogP contribution in [0.4, 0.5) is 26.3 Å². The minimum atomic E-state index is -5.01. The molecule has 2 N–H and O–H groups in total. The summed E-state index contributed by atoms with van der Waals surface area (Å²) in [4.78, 5) is 27.1. The van der Waals surface area contributed by atoms with Gasteiger partial charge in [-0.3, -0.25) is 14.8 Å². The monoisotopic (exact) mass is 426 g/mol. The second kappa shape index (κ2) is 6.40. The van der Waals surface area contributed by atoms with E-state index in [9.17, 15) is 35.9 Å². The summed E-state index contributed by atoms with van der Waals surface area (Å²) in [7, 11) is 0. The maximum absolute atomic E-state index is 13.3. The molecule has 0 saturated heterocycles. The standard InChI is InChI=1S/C15H9ClF6N4O2/c1-5(6-2-3-7(8(16)4-6)14(17,18)19)26-11-9(10(25-26)15(20,21)22)12(27)24-13(28)23-11/h2-5H,1H3,(H2,23,24,27,28)/t5-/m1/s1. The van der Waals surface area contributed by atoms with Crippen LogP contribution in [0.15, 0.2) is 27.8 Å². The molecule has 2 aromatic heterocycles. The fourth-order valence-corrected chi connectivity index (χ4v) is 3.01. The van der Waals surface area contributed by atoms with Gasteiger partial charge in [-0.2, -0.15) is 31.4 Å². The molecule has 0 unspecified atom stereocenters. The number of hydrogen-bond donors (Lipinski definition) is 2. The summed E-state index contributed by atoms with van der Waals surface area (Å²) in [5.74, 6) is 0. The molecule has 28 heavy (non-hydrogen) atoms. The highest BCUT2D eigenvalue weighted by molar-refractivity contribution is 6.31. The van der Waals surface area contributed by atoms with Gasteiger partial charge in [-0.25, -0.2) is 9.48 Å². The zero-order valence-corrected chi connectivity index (χ0v) is 14.4. The quantitative estimate of drug-likeness (QED) is 0.613. The number of alkyl halides is 6. The lowest BCUT2D eigenvalue weighted by atomic mass is 10.1. The Bertz CT molecular complexity index is 1170. The number of hydrogen-bond acceptors (Lipinski definition) is 3. The van der Waals surface area contributed by atoms with Crippen LogP contribution >= 0.6 is 11.6 Å². The highest BCUT2D eigenvalue weighted by Crippen LogP contribution is 2.37. The van der Waals surface area contributed by atoms with Crippen molar-refractivity contribution in [3.8, 4) is 0 Å². The van der Waals surface area contributed by atoms with Crippen LogP contribution in [0.1, 0.15) is 29.8 Å². The number of H-pyrrole nitrogens is 2. The van der Waals surface area contributed by atoms with E-state index in [0.717, 1.165) is 12.1 Å². The molecule has 0 aliphatic carbocycles. The van der Waals surface area contributed by atoms with Crippen molar-refractivity contribution in [2.24, 2.45) is 0 Å². The van der Waals surface area contributed by atoms with Crippen molar-refractivity contribution >= 4 is 22.6 Å². The molecule has 150 valence electrons. The summed E-state index contributed by atoms with van der Waals surface area (Å²) in [5.41, 5.74) is -5.46. The third-order valence-electron chi connectivity index (χ3n) is 4.01. The second-order valence-corrected chi connectivity index (χ2v) is 6.24. The molecule has 2 heterocycles. The van der Waals surface area contributed by atoms with Gasteiger partial charge in [0.05, 0.1) is 16.6 Å². The molecule has 1 atom stereocenters. The molecular formula is C15H9ClF6N4O2. The molecule has 0 aliphatic rings. The first kappa shape index (κ1) is 20.0. The average molecular weight is 427 g/mol. The lowest BCUT2D eigenvalue weighted by molar-refractivity contribution is -0.140. The van der Waals surface area contributed by atoms with Crippen LogP contribution in [0.25, 0.3) is 11.0 Å². The topological polar surface area (TPSA) is 83.5 Å². The first-order valence-corrected chi connectivity index (χ1v) is 7.87. The van der Waals surface area contributed by atoms with Crippen LogP contribution in [0.5, 0.6) is 0 Å². The van der Waals surface area contributed by atoms with Gasteiger partial charge in [0, 0.05) is 0 Å². The van der Waals surface area contributed by atoms with Gasteiger partial charge in [0.2, 0.25) is 0 Å². The van der Waals surface area contributed by atoms with Crippen LogP contribution in [-0.4, -0.2) is 19.7 Å². The Kier molecular flexibility index (Phi) is 4.57. The molecule has 3 rings (SSSR count). The first-order valence-electron chi connectivity index (χ1n) is 7.49. The van der Waals surface area contributed by atoms with Crippen molar-refractivity contribution in [3.63, 3.8) is 0 Å². The van der Waals surface area contributed by atoms with Crippen molar-refractivity contribution in [2.75, 3.05) is 0 Å². The van der Waals surface area contributed by atoms with E-state index < -0.39 is 57.0 Å². The number of halogens is 7. The van der Waals surface area contributed by atoms with Crippen LogP contribution in [0, 0.1) is 0 Å². The molecule has 13 heteroatoms. The Morgan fingerprint density at radius 1 is 1.07 bits per heavy atom. The molecule has 6 nitrogen and oxygen atoms in total. The van der Waals surface area contributed by atoms with E-state index in [1.807, 2.05) is 0 Å². The Morgan fingerprint density at radius 2 is 1.71 bits per heavy atom. The molecule has 0 aliphatic heterocycles. The molecule has 1 aromatic carbocycles. The van der Waals surface area contributed by atoms with Crippen LogP contribution in [-0.2, 0) is 12.4 Å². The number of rotatable bonds is 2. The van der Waals surface area contributed by atoms with Gasteiger partial charge in [0.25, 0.3) is 5.56 Å². The maximum atomic E-state index is 13.3. The minimum Gasteiger partial charge on any atom is -0.291 e. The third-order valence-corrected chi connectivity index (χ3v) is 4.33. The van der Waals surface area contributed by atoms with Crippen molar-refractivity contribution < 1.29 is 26.3 Å². The first-order chi connectivity index (χ1) is 12.8. The van der Waals surface area contributed by atoms with Crippen molar-refractivity contribution in [3.05, 3.63) is 60.9 Å². The van der Waals surface area contributed by atoms with Gasteiger partial charge in [0.15, 0.2) is 5.69 Å². The molecule has 3 aromatic rings. The zero-order chi connectivity index (χ0) is 21.0. The van der Waals surface area contributed by atoms with E-state index in [2.05, 4.69) is 10.1 Å². The normalized spacial score (nSPS) is 13.9. The summed E-state index contributed by atoms with van der Waals surface area (Å²) in [5, 5.41) is 1.83. The summed E-state index contributed by atoms with van der Waals surface area (Å²) in [6, 6.07) is 1.54. The average Bonchev–Trinajstić information content (AvgIpc) is 2.92. The number of nitrogens with zero attached hydrogens (tertiary/aromatic N) is 2. The largest absolute Gasteiger partial charge is 0.436 e. The second-order valence-electron chi connectivity index (χ2n) is 5.84. The number of nitrogens with one attached hydrogen (secondary N) is 2.